The number of urea groups is 1. The molecular formula is C16H18N4O5. The fourth-order valence-electron chi connectivity index (χ4n) is 2.61. The number of aromatic nitrogens is 1. The lowest BCUT2D eigenvalue weighted by atomic mass is 9.99. The maximum absolute atomic E-state index is 12.6. The fourth-order valence-corrected chi connectivity index (χ4v) is 2.61. The second-order valence-corrected chi connectivity index (χ2v) is 6.04. The Morgan fingerprint density at radius 2 is 2.08 bits per heavy atom. The Morgan fingerprint density at radius 3 is 2.68 bits per heavy atom. The molecule has 3 rings (SSSR count). The molecule has 1 saturated heterocycles. The molecule has 0 saturated carbocycles. The number of carbonyl (C=O) groups excluding carboxylic acids is 3. The molecule has 9 nitrogen and oxygen atoms in total. The molecule has 1 aliphatic rings. The van der Waals surface area contributed by atoms with Crippen molar-refractivity contribution in [3.63, 3.8) is 0 Å². The van der Waals surface area contributed by atoms with Crippen LogP contribution in [0.5, 0.6) is 0 Å². The second kappa shape index (κ2) is 6.08. The lowest BCUT2D eigenvalue weighted by Crippen LogP contribution is -2.40. The van der Waals surface area contributed by atoms with E-state index >= 15 is 0 Å². The molecule has 3 heterocycles. The van der Waals surface area contributed by atoms with Crippen molar-refractivity contribution in [3.05, 3.63) is 35.5 Å². The van der Waals surface area contributed by atoms with Crippen LogP contribution in [0.2, 0.25) is 0 Å². The second-order valence-electron chi connectivity index (χ2n) is 6.04. The Bertz CT molecular complexity index is 839. The van der Waals surface area contributed by atoms with E-state index in [2.05, 4.69) is 15.8 Å². The molecule has 0 aromatic carbocycles. The zero-order valence-corrected chi connectivity index (χ0v) is 14.1. The Kier molecular flexibility index (Phi) is 4.07. The maximum Gasteiger partial charge on any atom is 0.325 e. The molecule has 0 spiro atoms. The Hall–Kier alpha value is -3.10. The number of nitrogens with zero attached hydrogens (tertiary/aromatic N) is 2. The van der Waals surface area contributed by atoms with E-state index in [9.17, 15) is 14.4 Å². The summed E-state index contributed by atoms with van der Waals surface area (Å²) in [4.78, 5) is 37.7. The summed E-state index contributed by atoms with van der Waals surface area (Å²) >= 11 is 0. The zero-order valence-electron chi connectivity index (χ0n) is 14.1. The SMILES string of the molecule is Cc1cc(NC(=O)CCN2C(=O)N[C@@](C)(c3ccc(C)o3)C2=O)no1. The molecule has 2 N–H and O–H groups in total. The van der Waals surface area contributed by atoms with Crippen LogP contribution in [0.4, 0.5) is 10.6 Å². The maximum atomic E-state index is 12.6. The van der Waals surface area contributed by atoms with Crippen molar-refractivity contribution in [1.82, 2.24) is 15.4 Å². The predicted molar refractivity (Wildman–Crippen MR) is 85.5 cm³/mol. The predicted octanol–water partition coefficient (Wildman–Crippen LogP) is 1.68. The Labute approximate surface area is 143 Å². The molecule has 0 unspecified atom stereocenters. The van der Waals surface area contributed by atoms with Crippen molar-refractivity contribution in [2.45, 2.75) is 32.7 Å². The van der Waals surface area contributed by atoms with Crippen LogP contribution >= 0.6 is 0 Å². The molecule has 1 aliphatic heterocycles. The molecule has 0 bridgehead atoms. The van der Waals surface area contributed by atoms with Gasteiger partial charge in [0.25, 0.3) is 5.91 Å². The van der Waals surface area contributed by atoms with E-state index in [0.29, 0.717) is 17.3 Å². The van der Waals surface area contributed by atoms with E-state index in [1.807, 2.05) is 0 Å². The smallest absolute Gasteiger partial charge is 0.325 e. The first-order valence-electron chi connectivity index (χ1n) is 7.74. The van der Waals surface area contributed by atoms with Gasteiger partial charge in [0.2, 0.25) is 5.91 Å². The quantitative estimate of drug-likeness (QED) is 0.795. The number of amides is 4. The number of furan rings is 1. The van der Waals surface area contributed by atoms with Gasteiger partial charge in [-0.3, -0.25) is 14.5 Å². The highest BCUT2D eigenvalue weighted by Crippen LogP contribution is 2.30. The van der Waals surface area contributed by atoms with Gasteiger partial charge < -0.3 is 19.6 Å². The summed E-state index contributed by atoms with van der Waals surface area (Å²) in [5.74, 6) is 1.00. The first-order valence-corrected chi connectivity index (χ1v) is 7.74. The van der Waals surface area contributed by atoms with Crippen LogP contribution in [0, 0.1) is 13.8 Å². The average Bonchev–Trinajstić information content (AvgIpc) is 3.20. The third-order valence-corrected chi connectivity index (χ3v) is 3.97. The molecule has 0 aliphatic carbocycles. The lowest BCUT2D eigenvalue weighted by Gasteiger charge is -2.19. The molecule has 2 aromatic heterocycles. The van der Waals surface area contributed by atoms with Gasteiger partial charge in [0.1, 0.15) is 17.3 Å². The molecule has 1 fully saturated rings. The summed E-state index contributed by atoms with van der Waals surface area (Å²) in [6.45, 7) is 4.97. The van der Waals surface area contributed by atoms with Crippen molar-refractivity contribution in [3.8, 4) is 0 Å². The number of nitrogens with one attached hydrogen (secondary N) is 2. The molecular weight excluding hydrogens is 328 g/mol. The van der Waals surface area contributed by atoms with E-state index in [0.717, 1.165) is 4.90 Å². The van der Waals surface area contributed by atoms with Gasteiger partial charge in [-0.15, -0.1) is 0 Å². The number of anilines is 1. The first kappa shape index (κ1) is 16.7. The summed E-state index contributed by atoms with van der Waals surface area (Å²) in [7, 11) is 0. The van der Waals surface area contributed by atoms with Crippen molar-refractivity contribution < 1.29 is 23.3 Å². The number of imide groups is 1. The zero-order chi connectivity index (χ0) is 18.2. The van der Waals surface area contributed by atoms with Gasteiger partial charge in [0.05, 0.1) is 0 Å². The van der Waals surface area contributed by atoms with E-state index in [1.54, 1.807) is 39.0 Å². The van der Waals surface area contributed by atoms with Crippen LogP contribution in [-0.2, 0) is 15.1 Å². The molecule has 132 valence electrons. The van der Waals surface area contributed by atoms with Crippen molar-refractivity contribution in [2.75, 3.05) is 11.9 Å². The van der Waals surface area contributed by atoms with Crippen molar-refractivity contribution in [2.24, 2.45) is 0 Å². The van der Waals surface area contributed by atoms with Crippen LogP contribution in [-0.4, -0.2) is 34.4 Å². The van der Waals surface area contributed by atoms with Gasteiger partial charge in [-0.2, -0.15) is 0 Å². The minimum Gasteiger partial charge on any atom is -0.463 e. The number of rotatable bonds is 5. The minimum absolute atomic E-state index is 0.0530. The molecule has 9 heteroatoms. The molecule has 2 aromatic rings. The Morgan fingerprint density at radius 1 is 1.32 bits per heavy atom. The van der Waals surface area contributed by atoms with Crippen LogP contribution in [0.3, 0.4) is 0 Å². The first-order chi connectivity index (χ1) is 11.8. The molecule has 4 amide bonds. The highest BCUT2D eigenvalue weighted by molar-refractivity contribution is 6.07. The van der Waals surface area contributed by atoms with Crippen LogP contribution < -0.4 is 10.6 Å². The van der Waals surface area contributed by atoms with E-state index in [1.165, 1.54) is 0 Å². The van der Waals surface area contributed by atoms with Gasteiger partial charge in [0.15, 0.2) is 11.4 Å². The average molecular weight is 346 g/mol. The van der Waals surface area contributed by atoms with Gasteiger partial charge in [0, 0.05) is 19.0 Å². The van der Waals surface area contributed by atoms with Crippen molar-refractivity contribution >= 4 is 23.7 Å². The van der Waals surface area contributed by atoms with Gasteiger partial charge >= 0.3 is 6.03 Å². The van der Waals surface area contributed by atoms with Gasteiger partial charge in [-0.05, 0) is 32.9 Å². The van der Waals surface area contributed by atoms with E-state index in [-0.39, 0.29) is 24.7 Å². The molecule has 25 heavy (non-hydrogen) atoms. The number of carbonyl (C=O) groups is 3. The molecule has 0 radical (unpaired) electrons. The normalized spacial score (nSPS) is 20.0. The highest BCUT2D eigenvalue weighted by atomic mass is 16.5. The Balaban J connectivity index is 1.64. The third kappa shape index (κ3) is 3.12. The number of hydrogen-bond acceptors (Lipinski definition) is 6. The summed E-state index contributed by atoms with van der Waals surface area (Å²) in [5.41, 5.74) is -1.27. The van der Waals surface area contributed by atoms with E-state index in [4.69, 9.17) is 8.94 Å². The number of hydrogen-bond donors (Lipinski definition) is 2. The minimum atomic E-state index is -1.27. The standard InChI is InChI=1S/C16H18N4O5/c1-9-4-5-11(24-9)16(3)14(22)20(15(23)18-16)7-6-13(21)17-12-8-10(2)25-19-12/h4-5,8H,6-7H2,1-3H3,(H,18,23)(H,17,19,21)/t16-/m0/s1. The van der Waals surface area contributed by atoms with Crippen molar-refractivity contribution in [1.29, 1.82) is 0 Å². The fraction of sp³-hybridized carbons (Fsp3) is 0.375. The number of aryl methyl sites for hydroxylation is 2. The largest absolute Gasteiger partial charge is 0.463 e. The topological polar surface area (TPSA) is 118 Å². The monoisotopic (exact) mass is 346 g/mol. The molecule has 1 atom stereocenters. The summed E-state index contributed by atoms with van der Waals surface area (Å²) < 4.78 is 10.3. The summed E-state index contributed by atoms with van der Waals surface area (Å²) in [6, 6.07) is 4.38. The third-order valence-electron chi connectivity index (χ3n) is 3.97. The summed E-state index contributed by atoms with van der Waals surface area (Å²) in [5, 5.41) is 8.81. The van der Waals surface area contributed by atoms with Crippen LogP contribution in [0.25, 0.3) is 0 Å². The summed E-state index contributed by atoms with van der Waals surface area (Å²) in [6.07, 6.45) is -0.0572. The lowest BCUT2D eigenvalue weighted by molar-refractivity contribution is -0.131. The van der Waals surface area contributed by atoms with Gasteiger partial charge in [-0.25, -0.2) is 4.79 Å². The van der Waals surface area contributed by atoms with E-state index < -0.39 is 17.5 Å². The van der Waals surface area contributed by atoms with Crippen LogP contribution in [0.1, 0.15) is 30.6 Å². The highest BCUT2D eigenvalue weighted by Gasteiger charge is 2.50. The van der Waals surface area contributed by atoms with Crippen LogP contribution in [0.15, 0.2) is 27.1 Å². The van der Waals surface area contributed by atoms with Gasteiger partial charge in [-0.1, -0.05) is 5.16 Å².